The van der Waals surface area contributed by atoms with Gasteiger partial charge in [0.05, 0.1) is 11.7 Å². The number of allylic oxidation sites excluding steroid dienone is 4. The highest BCUT2D eigenvalue weighted by atomic mass is 19.3. The highest BCUT2D eigenvalue weighted by molar-refractivity contribution is 5.36. The number of fused-ring (bicyclic) bond motifs is 1. The van der Waals surface area contributed by atoms with Gasteiger partial charge in [-0.15, -0.1) is 0 Å². The molecule has 0 aromatic rings. The predicted molar refractivity (Wildman–Crippen MR) is 123 cm³/mol. The Morgan fingerprint density at radius 2 is 1.90 bits per heavy atom. The molecule has 2 nitrogen and oxygen atoms in total. The minimum Gasteiger partial charge on any atom is -0.393 e. The van der Waals surface area contributed by atoms with E-state index >= 15 is 0 Å². The molecule has 31 heavy (non-hydrogen) atoms. The Balaban J connectivity index is 1.74. The SMILES string of the molecule is C=C1CC[C@H](O)C/C1=C/C=C1\CCC[C@@]2(C)C1CC[C@@H]2[C@H](C)CC(F)(F)CC(C)(C)O. The van der Waals surface area contributed by atoms with E-state index in [1.807, 2.05) is 6.92 Å². The lowest BCUT2D eigenvalue weighted by Crippen LogP contribution is -2.39. The Bertz CT molecular complexity index is 730. The molecule has 2 N–H and O–H groups in total. The summed E-state index contributed by atoms with van der Waals surface area (Å²) in [6, 6.07) is 0. The molecule has 3 rings (SSSR count). The van der Waals surface area contributed by atoms with Gasteiger partial charge in [0.25, 0.3) is 5.92 Å². The number of rotatable bonds is 6. The molecule has 0 bridgehead atoms. The summed E-state index contributed by atoms with van der Waals surface area (Å²) < 4.78 is 29.3. The normalized spacial score (nSPS) is 36.1. The second-order valence-electron chi connectivity index (χ2n) is 11.6. The first-order valence-corrected chi connectivity index (χ1v) is 12.2. The molecule has 0 spiro atoms. The Kier molecular flexibility index (Phi) is 7.23. The van der Waals surface area contributed by atoms with E-state index in [1.54, 1.807) is 0 Å². The van der Waals surface area contributed by atoms with Gasteiger partial charge >= 0.3 is 0 Å². The number of hydrogen-bond acceptors (Lipinski definition) is 2. The molecule has 4 heteroatoms. The maximum absolute atomic E-state index is 14.6. The zero-order chi connectivity index (χ0) is 23.0. The Morgan fingerprint density at radius 3 is 2.58 bits per heavy atom. The van der Waals surface area contributed by atoms with Gasteiger partial charge in [-0.2, -0.15) is 0 Å². The quantitative estimate of drug-likeness (QED) is 0.471. The number of aliphatic hydroxyl groups excluding tert-OH is 1. The molecule has 5 atom stereocenters. The zero-order valence-electron chi connectivity index (χ0n) is 19.9. The number of hydrogen-bond donors (Lipinski definition) is 2. The molecule has 3 aliphatic carbocycles. The molecule has 0 aromatic carbocycles. The zero-order valence-corrected chi connectivity index (χ0v) is 19.9. The lowest BCUT2D eigenvalue weighted by Gasteiger charge is -2.45. The summed E-state index contributed by atoms with van der Waals surface area (Å²) in [6.07, 6.45) is 11.2. The fourth-order valence-corrected chi connectivity index (χ4v) is 6.93. The lowest BCUT2D eigenvalue weighted by molar-refractivity contribution is -0.0949. The maximum Gasteiger partial charge on any atom is 0.251 e. The number of halogens is 2. The van der Waals surface area contributed by atoms with E-state index in [9.17, 15) is 19.0 Å². The van der Waals surface area contributed by atoms with Crippen molar-refractivity contribution in [2.24, 2.45) is 23.2 Å². The highest BCUT2D eigenvalue weighted by Gasteiger charge is 2.52. The van der Waals surface area contributed by atoms with Crippen molar-refractivity contribution in [2.75, 3.05) is 0 Å². The molecule has 0 aliphatic heterocycles. The van der Waals surface area contributed by atoms with E-state index in [1.165, 1.54) is 19.4 Å². The van der Waals surface area contributed by atoms with Crippen LogP contribution in [0.5, 0.6) is 0 Å². The van der Waals surface area contributed by atoms with Crippen molar-refractivity contribution < 1.29 is 19.0 Å². The second-order valence-corrected chi connectivity index (χ2v) is 11.6. The van der Waals surface area contributed by atoms with Gasteiger partial charge in [0.1, 0.15) is 0 Å². The summed E-state index contributed by atoms with van der Waals surface area (Å²) in [5, 5.41) is 19.9. The molecular formula is C27H42F2O2. The lowest BCUT2D eigenvalue weighted by atomic mass is 9.60. The van der Waals surface area contributed by atoms with Crippen LogP contribution >= 0.6 is 0 Å². The van der Waals surface area contributed by atoms with Crippen molar-refractivity contribution in [3.63, 3.8) is 0 Å². The Morgan fingerprint density at radius 1 is 1.19 bits per heavy atom. The summed E-state index contributed by atoms with van der Waals surface area (Å²) in [7, 11) is 0. The van der Waals surface area contributed by atoms with Crippen LogP contribution in [-0.4, -0.2) is 27.8 Å². The first-order chi connectivity index (χ1) is 14.3. The third kappa shape index (κ3) is 5.87. The van der Waals surface area contributed by atoms with Crippen molar-refractivity contribution in [3.8, 4) is 0 Å². The molecule has 0 aromatic heterocycles. The summed E-state index contributed by atoms with van der Waals surface area (Å²) in [6.45, 7) is 11.4. The monoisotopic (exact) mass is 436 g/mol. The minimum absolute atomic E-state index is 0.0654. The van der Waals surface area contributed by atoms with E-state index in [0.717, 1.165) is 56.1 Å². The topological polar surface area (TPSA) is 40.5 Å². The first kappa shape index (κ1) is 24.6. The minimum atomic E-state index is -2.84. The average molecular weight is 437 g/mol. The van der Waals surface area contributed by atoms with Crippen molar-refractivity contribution in [2.45, 2.75) is 110 Å². The second kappa shape index (κ2) is 9.09. The van der Waals surface area contributed by atoms with E-state index in [-0.39, 0.29) is 29.8 Å². The predicted octanol–water partition coefficient (Wildman–Crippen LogP) is 6.98. The van der Waals surface area contributed by atoms with Gasteiger partial charge in [-0.25, -0.2) is 8.78 Å². The van der Waals surface area contributed by atoms with Gasteiger partial charge in [0.15, 0.2) is 0 Å². The molecule has 1 unspecified atom stereocenters. The summed E-state index contributed by atoms with van der Waals surface area (Å²) in [4.78, 5) is 0. The van der Waals surface area contributed by atoms with Crippen molar-refractivity contribution in [1.82, 2.24) is 0 Å². The fourth-order valence-electron chi connectivity index (χ4n) is 6.93. The van der Waals surface area contributed by atoms with Gasteiger partial charge in [-0.1, -0.05) is 43.7 Å². The van der Waals surface area contributed by atoms with Gasteiger partial charge in [0, 0.05) is 12.8 Å². The number of aliphatic hydroxyl groups is 2. The van der Waals surface area contributed by atoms with Crippen LogP contribution in [-0.2, 0) is 0 Å². The number of alkyl halides is 2. The molecule has 3 aliphatic rings. The maximum atomic E-state index is 14.6. The van der Waals surface area contributed by atoms with E-state index in [0.29, 0.717) is 12.3 Å². The average Bonchev–Trinajstić information content (AvgIpc) is 2.97. The molecule has 0 heterocycles. The van der Waals surface area contributed by atoms with Crippen molar-refractivity contribution >= 4 is 0 Å². The molecule has 0 radical (unpaired) electrons. The van der Waals surface area contributed by atoms with Crippen LogP contribution in [0.25, 0.3) is 0 Å². The molecule has 3 saturated carbocycles. The van der Waals surface area contributed by atoms with Gasteiger partial charge < -0.3 is 10.2 Å². The molecule has 176 valence electrons. The van der Waals surface area contributed by atoms with Crippen LogP contribution in [0.2, 0.25) is 0 Å². The molecule has 0 amide bonds. The highest BCUT2D eigenvalue weighted by Crippen LogP contribution is 2.60. The van der Waals surface area contributed by atoms with E-state index in [2.05, 4.69) is 25.7 Å². The van der Waals surface area contributed by atoms with Gasteiger partial charge in [-0.3, -0.25) is 0 Å². The van der Waals surface area contributed by atoms with E-state index in [4.69, 9.17) is 0 Å². The van der Waals surface area contributed by atoms with Crippen molar-refractivity contribution in [1.29, 1.82) is 0 Å². The van der Waals surface area contributed by atoms with Crippen LogP contribution < -0.4 is 0 Å². The van der Waals surface area contributed by atoms with Gasteiger partial charge in [-0.05, 0) is 94.0 Å². The molecule has 3 fully saturated rings. The van der Waals surface area contributed by atoms with Crippen LogP contribution in [0.1, 0.15) is 91.9 Å². The summed E-state index contributed by atoms with van der Waals surface area (Å²) in [5.74, 6) is -2.17. The van der Waals surface area contributed by atoms with Crippen molar-refractivity contribution in [3.05, 3.63) is 35.5 Å². The summed E-state index contributed by atoms with van der Waals surface area (Å²) >= 11 is 0. The standard InChI is InChI=1S/C27H42F2O2/c1-18-8-11-22(30)15-21(18)10-9-20-7-6-14-26(5)23(12-13-24(20)26)19(2)16-27(28,29)17-25(3,4)31/h9-10,19,22-24,30-31H,1,6-8,11-17H2,2-5H3/b20-9+,21-10-/t19-,22+,23-,24?,26-/m1/s1. The van der Waals surface area contributed by atoms with E-state index < -0.39 is 17.9 Å². The fraction of sp³-hybridized carbons (Fsp3) is 0.778. The third-order valence-electron chi connectivity index (χ3n) is 8.22. The molecular weight excluding hydrogens is 394 g/mol. The first-order valence-electron chi connectivity index (χ1n) is 12.2. The largest absolute Gasteiger partial charge is 0.393 e. The van der Waals surface area contributed by atoms with Crippen LogP contribution in [0, 0.1) is 23.2 Å². The Labute approximate surface area is 187 Å². The van der Waals surface area contributed by atoms with Crippen LogP contribution in [0.3, 0.4) is 0 Å². The van der Waals surface area contributed by atoms with Crippen LogP contribution in [0.4, 0.5) is 8.78 Å². The summed E-state index contributed by atoms with van der Waals surface area (Å²) in [5.41, 5.74) is 2.46. The smallest absolute Gasteiger partial charge is 0.251 e. The molecule has 0 saturated heterocycles. The van der Waals surface area contributed by atoms with Gasteiger partial charge in [0.2, 0.25) is 0 Å². The third-order valence-corrected chi connectivity index (χ3v) is 8.22. The van der Waals surface area contributed by atoms with Crippen LogP contribution in [0.15, 0.2) is 35.5 Å². The Hall–Kier alpha value is -1.00.